The van der Waals surface area contributed by atoms with E-state index in [0.717, 1.165) is 5.56 Å². The zero-order valence-electron chi connectivity index (χ0n) is 11.1. The number of amides is 1. The van der Waals surface area contributed by atoms with Crippen molar-refractivity contribution in [2.24, 2.45) is 0 Å². The Morgan fingerprint density at radius 3 is 2.76 bits per heavy atom. The van der Waals surface area contributed by atoms with Crippen molar-refractivity contribution >= 4 is 17.4 Å². The molecule has 2 aromatic heterocycles. The molecule has 4 N–H and O–H groups in total. The number of nitrogens with one attached hydrogen (secondary N) is 2. The maximum Gasteiger partial charge on any atom is 0.256 e. The molecule has 0 bridgehead atoms. The van der Waals surface area contributed by atoms with Crippen molar-refractivity contribution in [2.45, 2.75) is 0 Å². The number of rotatable bonds is 3. The van der Waals surface area contributed by atoms with Crippen LogP contribution in [0.1, 0.15) is 10.4 Å². The molecule has 0 saturated heterocycles. The minimum Gasteiger partial charge on any atom is -0.384 e. The highest BCUT2D eigenvalue weighted by molar-refractivity contribution is 6.08. The Morgan fingerprint density at radius 2 is 2.00 bits per heavy atom. The first-order valence-corrected chi connectivity index (χ1v) is 6.36. The van der Waals surface area contributed by atoms with Gasteiger partial charge in [-0.1, -0.05) is 24.3 Å². The largest absolute Gasteiger partial charge is 0.384 e. The fraction of sp³-hybridized carbons (Fsp3) is 0. The van der Waals surface area contributed by atoms with Gasteiger partial charge in [-0.15, -0.1) is 0 Å². The van der Waals surface area contributed by atoms with Crippen LogP contribution in [-0.4, -0.2) is 21.1 Å². The molecule has 0 aliphatic rings. The Labute approximate surface area is 121 Å². The maximum atomic E-state index is 12.4. The van der Waals surface area contributed by atoms with Gasteiger partial charge in [-0.3, -0.25) is 9.89 Å². The molecule has 3 rings (SSSR count). The normalized spacial score (nSPS) is 10.3. The van der Waals surface area contributed by atoms with Gasteiger partial charge in [-0.05, 0) is 18.2 Å². The standard InChI is InChI=1S/C15H13N5O/c16-14-7-3-6-13(20-14)11-4-1-2-5-12(11)15(21)19-10-8-17-18-9-10/h1-9H,(H2,16,20)(H,17,18)(H,19,21). The number of pyridine rings is 1. The number of anilines is 2. The van der Waals surface area contributed by atoms with Crippen molar-refractivity contribution < 1.29 is 4.79 Å². The second kappa shape index (κ2) is 5.46. The molecular formula is C15H13N5O. The minimum atomic E-state index is -0.226. The zero-order chi connectivity index (χ0) is 14.7. The molecule has 104 valence electrons. The van der Waals surface area contributed by atoms with Gasteiger partial charge in [-0.25, -0.2) is 4.98 Å². The Bertz CT molecular complexity index is 767. The van der Waals surface area contributed by atoms with E-state index in [9.17, 15) is 4.79 Å². The SMILES string of the molecule is Nc1cccc(-c2ccccc2C(=O)Nc2cn[nH]c2)n1. The molecule has 0 aliphatic heterocycles. The van der Waals surface area contributed by atoms with Gasteiger partial charge in [0.1, 0.15) is 5.82 Å². The molecule has 0 radical (unpaired) electrons. The number of H-pyrrole nitrogens is 1. The van der Waals surface area contributed by atoms with Crippen LogP contribution >= 0.6 is 0 Å². The van der Waals surface area contributed by atoms with Crippen LogP contribution in [0.2, 0.25) is 0 Å². The van der Waals surface area contributed by atoms with E-state index in [1.165, 1.54) is 0 Å². The van der Waals surface area contributed by atoms with Gasteiger partial charge in [0, 0.05) is 17.3 Å². The fourth-order valence-electron chi connectivity index (χ4n) is 2.02. The average Bonchev–Trinajstić information content (AvgIpc) is 3.00. The van der Waals surface area contributed by atoms with Crippen LogP contribution in [0.4, 0.5) is 11.5 Å². The van der Waals surface area contributed by atoms with Crippen LogP contribution in [0.5, 0.6) is 0 Å². The second-order valence-electron chi connectivity index (χ2n) is 4.43. The van der Waals surface area contributed by atoms with E-state index in [-0.39, 0.29) is 5.91 Å². The molecule has 0 fully saturated rings. The summed E-state index contributed by atoms with van der Waals surface area (Å²) in [5.74, 6) is 0.189. The molecule has 0 aliphatic carbocycles. The highest BCUT2D eigenvalue weighted by atomic mass is 16.1. The van der Waals surface area contributed by atoms with Gasteiger partial charge in [-0.2, -0.15) is 5.10 Å². The molecule has 1 aromatic carbocycles. The van der Waals surface area contributed by atoms with Crippen molar-refractivity contribution in [3.63, 3.8) is 0 Å². The number of nitrogens with zero attached hydrogens (tertiary/aromatic N) is 2. The van der Waals surface area contributed by atoms with Gasteiger partial charge in [0.15, 0.2) is 0 Å². The Morgan fingerprint density at radius 1 is 1.14 bits per heavy atom. The van der Waals surface area contributed by atoms with Gasteiger partial charge < -0.3 is 11.1 Å². The third kappa shape index (κ3) is 2.74. The second-order valence-corrected chi connectivity index (χ2v) is 4.43. The predicted octanol–water partition coefficient (Wildman–Crippen LogP) is 2.31. The monoisotopic (exact) mass is 279 g/mol. The first-order valence-electron chi connectivity index (χ1n) is 6.36. The molecule has 6 nitrogen and oxygen atoms in total. The number of aromatic amines is 1. The average molecular weight is 279 g/mol. The molecule has 1 amide bonds. The number of benzene rings is 1. The van der Waals surface area contributed by atoms with E-state index in [1.807, 2.05) is 24.3 Å². The topological polar surface area (TPSA) is 96.7 Å². The predicted molar refractivity (Wildman–Crippen MR) is 80.6 cm³/mol. The summed E-state index contributed by atoms with van der Waals surface area (Å²) in [4.78, 5) is 16.6. The summed E-state index contributed by atoms with van der Waals surface area (Å²) in [6, 6.07) is 12.6. The summed E-state index contributed by atoms with van der Waals surface area (Å²) < 4.78 is 0. The molecule has 0 spiro atoms. The highest BCUT2D eigenvalue weighted by Gasteiger charge is 2.13. The first kappa shape index (κ1) is 12.9. The van der Waals surface area contributed by atoms with Crippen molar-refractivity contribution in [2.75, 3.05) is 11.1 Å². The maximum absolute atomic E-state index is 12.4. The number of hydrogen-bond donors (Lipinski definition) is 3. The summed E-state index contributed by atoms with van der Waals surface area (Å²) in [6.07, 6.45) is 3.15. The van der Waals surface area contributed by atoms with Crippen LogP contribution in [0.3, 0.4) is 0 Å². The number of aromatic nitrogens is 3. The van der Waals surface area contributed by atoms with Crippen molar-refractivity contribution in [1.82, 2.24) is 15.2 Å². The number of hydrogen-bond acceptors (Lipinski definition) is 4. The van der Waals surface area contributed by atoms with Crippen molar-refractivity contribution in [3.8, 4) is 11.3 Å². The van der Waals surface area contributed by atoms with E-state index in [2.05, 4.69) is 20.5 Å². The minimum absolute atomic E-state index is 0.226. The van der Waals surface area contributed by atoms with Gasteiger partial charge in [0.25, 0.3) is 5.91 Å². The van der Waals surface area contributed by atoms with Gasteiger partial charge in [0.05, 0.1) is 17.6 Å². The number of nitrogens with two attached hydrogens (primary N) is 1. The fourth-order valence-corrected chi connectivity index (χ4v) is 2.02. The van der Waals surface area contributed by atoms with Crippen molar-refractivity contribution in [1.29, 1.82) is 0 Å². The summed E-state index contributed by atoms with van der Waals surface area (Å²) in [6.45, 7) is 0. The lowest BCUT2D eigenvalue weighted by Gasteiger charge is -2.09. The quantitative estimate of drug-likeness (QED) is 0.685. The van der Waals surface area contributed by atoms with E-state index >= 15 is 0 Å². The smallest absolute Gasteiger partial charge is 0.256 e. The molecular weight excluding hydrogens is 266 g/mol. The Kier molecular flexibility index (Phi) is 3.34. The van der Waals surface area contributed by atoms with E-state index in [0.29, 0.717) is 22.8 Å². The van der Waals surface area contributed by atoms with E-state index in [1.54, 1.807) is 30.6 Å². The molecule has 3 aromatic rings. The summed E-state index contributed by atoms with van der Waals surface area (Å²) in [5, 5.41) is 9.21. The van der Waals surface area contributed by atoms with Crippen LogP contribution in [-0.2, 0) is 0 Å². The highest BCUT2D eigenvalue weighted by Crippen LogP contribution is 2.23. The van der Waals surface area contributed by atoms with Crippen LogP contribution in [0.25, 0.3) is 11.3 Å². The Balaban J connectivity index is 1.98. The van der Waals surface area contributed by atoms with Gasteiger partial charge >= 0.3 is 0 Å². The number of carbonyl (C=O) groups is 1. The molecule has 0 saturated carbocycles. The van der Waals surface area contributed by atoms with Crippen LogP contribution in [0.15, 0.2) is 54.9 Å². The third-order valence-electron chi connectivity index (χ3n) is 2.97. The lowest BCUT2D eigenvalue weighted by Crippen LogP contribution is -2.13. The van der Waals surface area contributed by atoms with E-state index in [4.69, 9.17) is 5.73 Å². The molecule has 2 heterocycles. The van der Waals surface area contributed by atoms with Crippen LogP contribution < -0.4 is 11.1 Å². The van der Waals surface area contributed by atoms with Crippen LogP contribution in [0, 0.1) is 0 Å². The Hall–Kier alpha value is -3.15. The molecule has 0 unspecified atom stereocenters. The molecule has 6 heteroatoms. The molecule has 0 atom stereocenters. The lowest BCUT2D eigenvalue weighted by molar-refractivity contribution is 0.102. The van der Waals surface area contributed by atoms with Crippen molar-refractivity contribution in [3.05, 3.63) is 60.4 Å². The number of nitrogen functional groups attached to an aromatic ring is 1. The molecule has 21 heavy (non-hydrogen) atoms. The van der Waals surface area contributed by atoms with Gasteiger partial charge in [0.2, 0.25) is 0 Å². The summed E-state index contributed by atoms with van der Waals surface area (Å²) in [5.41, 5.74) is 8.23. The lowest BCUT2D eigenvalue weighted by atomic mass is 10.0. The first-order chi connectivity index (χ1) is 10.2. The van der Waals surface area contributed by atoms with E-state index < -0.39 is 0 Å². The summed E-state index contributed by atoms with van der Waals surface area (Å²) in [7, 11) is 0. The summed E-state index contributed by atoms with van der Waals surface area (Å²) >= 11 is 0. The zero-order valence-corrected chi connectivity index (χ0v) is 11.1. The number of carbonyl (C=O) groups excluding carboxylic acids is 1. The third-order valence-corrected chi connectivity index (χ3v) is 2.97.